The van der Waals surface area contributed by atoms with Crippen molar-refractivity contribution in [2.45, 2.75) is 45.3 Å². The molecule has 2 aromatic carbocycles. The summed E-state index contributed by atoms with van der Waals surface area (Å²) in [5, 5.41) is 24.3. The first-order chi connectivity index (χ1) is 21.7. The van der Waals surface area contributed by atoms with Crippen molar-refractivity contribution < 1.29 is 37.5 Å². The van der Waals surface area contributed by atoms with Crippen LogP contribution in [0.5, 0.6) is 5.75 Å². The largest absolute Gasteiger partial charge is 0.496 e. The van der Waals surface area contributed by atoms with Crippen LogP contribution in [0.25, 0.3) is 16.5 Å². The average molecular weight is 643 g/mol. The number of non-ortho nitro benzene ring substituents is 1. The van der Waals surface area contributed by atoms with Gasteiger partial charge in [0.05, 0.1) is 29.2 Å². The standard InChI is InChI=1S/C31H33F3N6O6/c1-17(21-12-22(31(32,33)34)14-23(13-21)40(44)45)35-28-25-15-24(27(46-3)16-26(25)36-18(2)37-28)19-4-8-38(9-5-19)29(41)20-6-10-39(11-7-20)30(42)43/h4,12-17,20H,5-11H2,1-3H3,(H,42,43)(H,35,36,37)/t17-/m1/s1. The molecule has 0 unspecified atom stereocenters. The first kappa shape index (κ1) is 32.4. The minimum Gasteiger partial charge on any atom is -0.496 e. The maximum Gasteiger partial charge on any atom is 0.416 e. The number of nitro groups is 1. The second-order valence-corrected chi connectivity index (χ2v) is 11.4. The lowest BCUT2D eigenvalue weighted by atomic mass is 9.93. The van der Waals surface area contributed by atoms with Gasteiger partial charge in [0, 0.05) is 61.2 Å². The van der Waals surface area contributed by atoms with E-state index < -0.39 is 34.5 Å². The summed E-state index contributed by atoms with van der Waals surface area (Å²) in [4.78, 5) is 47.0. The number of amides is 2. The molecule has 2 amide bonds. The Morgan fingerprint density at radius 3 is 2.41 bits per heavy atom. The van der Waals surface area contributed by atoms with Crippen molar-refractivity contribution in [3.63, 3.8) is 0 Å². The number of ether oxygens (including phenoxy) is 1. The minimum absolute atomic E-state index is 0.00462. The van der Waals surface area contributed by atoms with Gasteiger partial charge in [-0.05, 0) is 56.4 Å². The molecule has 0 radical (unpaired) electrons. The van der Waals surface area contributed by atoms with E-state index in [-0.39, 0.29) is 17.4 Å². The van der Waals surface area contributed by atoms with Crippen LogP contribution in [0.2, 0.25) is 0 Å². The van der Waals surface area contributed by atoms with Gasteiger partial charge in [0.1, 0.15) is 17.4 Å². The fourth-order valence-corrected chi connectivity index (χ4v) is 5.93. The van der Waals surface area contributed by atoms with Gasteiger partial charge in [0.15, 0.2) is 0 Å². The maximum atomic E-state index is 13.5. The molecule has 46 heavy (non-hydrogen) atoms. The molecule has 0 bridgehead atoms. The van der Waals surface area contributed by atoms with Gasteiger partial charge in [-0.1, -0.05) is 6.08 Å². The Morgan fingerprint density at radius 2 is 1.83 bits per heavy atom. The molecule has 1 fully saturated rings. The van der Waals surface area contributed by atoms with Crippen LogP contribution in [0.4, 0.5) is 29.5 Å². The van der Waals surface area contributed by atoms with E-state index in [9.17, 15) is 38.0 Å². The monoisotopic (exact) mass is 642 g/mol. The van der Waals surface area contributed by atoms with Crippen LogP contribution in [-0.2, 0) is 11.0 Å². The fourth-order valence-electron chi connectivity index (χ4n) is 5.93. The first-order valence-corrected chi connectivity index (χ1v) is 14.7. The molecule has 3 heterocycles. The summed E-state index contributed by atoms with van der Waals surface area (Å²) in [7, 11) is 1.53. The Kier molecular flexibility index (Phi) is 9.03. The molecular formula is C31H33F3N6O6. The van der Waals surface area contributed by atoms with Gasteiger partial charge < -0.3 is 25.0 Å². The number of nitrogens with zero attached hydrogens (tertiary/aromatic N) is 5. The first-order valence-electron chi connectivity index (χ1n) is 14.7. The van der Waals surface area contributed by atoms with E-state index in [4.69, 9.17) is 4.74 Å². The molecule has 244 valence electrons. The number of likely N-dealkylation sites (tertiary alicyclic amines) is 1. The lowest BCUT2D eigenvalue weighted by Crippen LogP contribution is -2.45. The van der Waals surface area contributed by atoms with E-state index in [2.05, 4.69) is 15.3 Å². The maximum absolute atomic E-state index is 13.5. The van der Waals surface area contributed by atoms with Gasteiger partial charge in [0.25, 0.3) is 5.69 Å². The zero-order valence-electron chi connectivity index (χ0n) is 25.4. The van der Waals surface area contributed by atoms with Gasteiger partial charge in [-0.3, -0.25) is 14.9 Å². The molecule has 15 heteroatoms. The van der Waals surface area contributed by atoms with Crippen LogP contribution < -0.4 is 10.1 Å². The molecule has 2 N–H and O–H groups in total. The molecule has 0 spiro atoms. The third-order valence-electron chi connectivity index (χ3n) is 8.44. The zero-order chi connectivity index (χ0) is 33.3. The quantitative estimate of drug-likeness (QED) is 0.232. The highest BCUT2D eigenvalue weighted by Crippen LogP contribution is 2.38. The minimum atomic E-state index is -4.77. The number of carbonyl (C=O) groups excluding carboxylic acids is 1. The molecule has 1 atom stereocenters. The summed E-state index contributed by atoms with van der Waals surface area (Å²) in [5.41, 5.74) is 0.471. The number of hydrogen-bond donors (Lipinski definition) is 2. The number of aromatic nitrogens is 2. The summed E-state index contributed by atoms with van der Waals surface area (Å²) in [5.74, 6) is 1.05. The van der Waals surface area contributed by atoms with Crippen LogP contribution in [0.1, 0.15) is 54.7 Å². The molecule has 0 saturated carbocycles. The molecule has 5 rings (SSSR count). The lowest BCUT2D eigenvalue weighted by molar-refractivity contribution is -0.385. The number of nitrogens with one attached hydrogen (secondary N) is 1. The number of anilines is 1. The summed E-state index contributed by atoms with van der Waals surface area (Å²) >= 11 is 0. The van der Waals surface area contributed by atoms with Crippen LogP contribution in [0.15, 0.2) is 36.4 Å². The molecule has 0 aliphatic carbocycles. The highest BCUT2D eigenvalue weighted by molar-refractivity contribution is 5.94. The van der Waals surface area contributed by atoms with Crippen molar-refractivity contribution >= 4 is 40.0 Å². The number of nitro benzene ring substituents is 1. The smallest absolute Gasteiger partial charge is 0.416 e. The van der Waals surface area contributed by atoms with Crippen molar-refractivity contribution in [2.75, 3.05) is 38.6 Å². The number of rotatable bonds is 7. The summed E-state index contributed by atoms with van der Waals surface area (Å²) in [6.45, 7) is 4.76. The lowest BCUT2D eigenvalue weighted by Gasteiger charge is -2.34. The number of fused-ring (bicyclic) bond motifs is 1. The highest BCUT2D eigenvalue weighted by atomic mass is 19.4. The van der Waals surface area contributed by atoms with Crippen molar-refractivity contribution in [3.8, 4) is 5.75 Å². The van der Waals surface area contributed by atoms with Gasteiger partial charge in [-0.15, -0.1) is 0 Å². The van der Waals surface area contributed by atoms with Gasteiger partial charge in [-0.2, -0.15) is 13.2 Å². The van der Waals surface area contributed by atoms with Gasteiger partial charge >= 0.3 is 12.3 Å². The molecule has 3 aromatic rings. The molecule has 2 aliphatic rings. The number of carboxylic acid groups (broad SMARTS) is 1. The highest BCUT2D eigenvalue weighted by Gasteiger charge is 2.34. The predicted octanol–water partition coefficient (Wildman–Crippen LogP) is 6.05. The Morgan fingerprint density at radius 1 is 1.11 bits per heavy atom. The van der Waals surface area contributed by atoms with Gasteiger partial charge in [0.2, 0.25) is 5.91 Å². The molecule has 2 aliphatic heterocycles. The Bertz CT molecular complexity index is 1720. The number of benzene rings is 2. The Hall–Kier alpha value is -4.95. The number of alkyl halides is 3. The third kappa shape index (κ3) is 6.82. The Labute approximate surface area is 262 Å². The third-order valence-corrected chi connectivity index (χ3v) is 8.44. The van der Waals surface area contributed by atoms with Crippen molar-refractivity contribution in [2.24, 2.45) is 5.92 Å². The van der Waals surface area contributed by atoms with E-state index >= 15 is 0 Å². The second kappa shape index (κ2) is 12.8. The van der Waals surface area contributed by atoms with E-state index in [0.717, 1.165) is 23.3 Å². The summed E-state index contributed by atoms with van der Waals surface area (Å²) in [6.07, 6.45) is -2.30. The Balaban J connectivity index is 1.42. The molecule has 12 nitrogen and oxygen atoms in total. The predicted molar refractivity (Wildman–Crippen MR) is 162 cm³/mol. The SMILES string of the molecule is COc1cc2nc(C)nc(N[C@H](C)c3cc([N+](=O)[O-])cc(C(F)(F)F)c3)c2cc1C1=CCN(C(=O)C2CCN(C(=O)O)CC2)CC1. The van der Waals surface area contributed by atoms with Crippen molar-refractivity contribution in [1.29, 1.82) is 0 Å². The summed E-state index contributed by atoms with van der Waals surface area (Å²) < 4.78 is 46.3. The number of methoxy groups -OCH3 is 1. The average Bonchev–Trinajstić information content (AvgIpc) is 3.03. The van der Waals surface area contributed by atoms with Crippen LogP contribution in [0.3, 0.4) is 0 Å². The fraction of sp³-hybridized carbons (Fsp3) is 0.419. The number of aryl methyl sites for hydroxylation is 1. The van der Waals surface area contributed by atoms with E-state index in [1.54, 1.807) is 24.8 Å². The second-order valence-electron chi connectivity index (χ2n) is 11.4. The topological polar surface area (TPSA) is 151 Å². The number of hydrogen-bond acceptors (Lipinski definition) is 8. The summed E-state index contributed by atoms with van der Waals surface area (Å²) in [6, 6.07) is 5.28. The van der Waals surface area contributed by atoms with E-state index in [1.165, 1.54) is 12.0 Å². The van der Waals surface area contributed by atoms with Crippen LogP contribution in [0, 0.1) is 23.0 Å². The molecule has 1 aromatic heterocycles. The van der Waals surface area contributed by atoms with Gasteiger partial charge in [-0.25, -0.2) is 14.8 Å². The van der Waals surface area contributed by atoms with Crippen molar-refractivity contribution in [1.82, 2.24) is 19.8 Å². The van der Waals surface area contributed by atoms with Crippen LogP contribution in [-0.4, -0.2) is 75.1 Å². The molecule has 1 saturated heterocycles. The number of carbonyl (C=O) groups is 2. The normalized spacial score (nSPS) is 16.6. The number of halogens is 3. The van der Waals surface area contributed by atoms with Crippen molar-refractivity contribution in [3.05, 3.63) is 69.0 Å². The van der Waals surface area contributed by atoms with E-state index in [1.807, 2.05) is 12.1 Å². The zero-order valence-corrected chi connectivity index (χ0v) is 25.4. The van der Waals surface area contributed by atoms with E-state index in [0.29, 0.717) is 79.8 Å². The van der Waals surface area contributed by atoms with Crippen LogP contribution >= 0.6 is 0 Å². The number of piperidine rings is 1. The molecular weight excluding hydrogens is 609 g/mol.